The van der Waals surface area contributed by atoms with E-state index in [0.717, 1.165) is 37.1 Å². The van der Waals surface area contributed by atoms with E-state index >= 15 is 0 Å². The van der Waals surface area contributed by atoms with Crippen molar-refractivity contribution in [3.8, 4) is 0 Å². The highest BCUT2D eigenvalue weighted by atomic mass is 79.9. The molecule has 0 aromatic heterocycles. The number of amides is 1. The molecule has 2 saturated heterocycles. The summed E-state index contributed by atoms with van der Waals surface area (Å²) < 4.78 is 1.12. The zero-order valence-corrected chi connectivity index (χ0v) is 15.7. The van der Waals surface area contributed by atoms with Crippen molar-refractivity contribution < 1.29 is 4.79 Å². The third-order valence-electron chi connectivity index (χ3n) is 5.99. The Morgan fingerprint density at radius 2 is 1.88 bits per heavy atom. The number of rotatable bonds is 2. The molecule has 4 nitrogen and oxygen atoms in total. The third-order valence-corrected chi connectivity index (χ3v) is 6.49. The molecule has 3 fully saturated rings. The molecule has 1 amide bonds. The smallest absolute Gasteiger partial charge is 0.237 e. The average molecular weight is 392 g/mol. The molecule has 5 heteroatoms. The number of nitrogens with one attached hydrogen (secondary N) is 1. The largest absolute Gasteiger partial charge is 0.369 e. The van der Waals surface area contributed by atoms with Crippen LogP contribution in [0.1, 0.15) is 32.1 Å². The van der Waals surface area contributed by atoms with Crippen LogP contribution in [-0.4, -0.2) is 49.1 Å². The molecule has 2 heterocycles. The molecule has 2 aliphatic heterocycles. The van der Waals surface area contributed by atoms with Crippen LogP contribution in [0.2, 0.25) is 0 Å². The molecule has 0 radical (unpaired) electrons. The topological polar surface area (TPSA) is 35.6 Å². The van der Waals surface area contributed by atoms with Gasteiger partial charge in [-0.15, -0.1) is 0 Å². The van der Waals surface area contributed by atoms with Gasteiger partial charge in [0.05, 0.1) is 6.04 Å². The fourth-order valence-electron chi connectivity index (χ4n) is 4.63. The molecule has 0 spiro atoms. The summed E-state index contributed by atoms with van der Waals surface area (Å²) in [7, 11) is 0. The summed E-state index contributed by atoms with van der Waals surface area (Å²) >= 11 is 3.55. The van der Waals surface area contributed by atoms with Crippen LogP contribution in [0.15, 0.2) is 28.7 Å². The van der Waals surface area contributed by atoms with E-state index in [-0.39, 0.29) is 11.9 Å². The lowest BCUT2D eigenvalue weighted by atomic mass is 9.77. The number of carbonyl (C=O) groups excluding carboxylic acids is 1. The molecule has 1 aromatic carbocycles. The van der Waals surface area contributed by atoms with Gasteiger partial charge in [0.25, 0.3) is 0 Å². The van der Waals surface area contributed by atoms with Crippen molar-refractivity contribution in [2.45, 2.75) is 44.2 Å². The Balaban J connectivity index is 1.37. The molecule has 24 heavy (non-hydrogen) atoms. The summed E-state index contributed by atoms with van der Waals surface area (Å²) in [5.74, 6) is 0.971. The molecular weight excluding hydrogens is 366 g/mol. The van der Waals surface area contributed by atoms with E-state index < -0.39 is 0 Å². The first-order chi connectivity index (χ1) is 11.7. The van der Waals surface area contributed by atoms with Gasteiger partial charge < -0.3 is 10.2 Å². The summed E-state index contributed by atoms with van der Waals surface area (Å²) in [6.07, 6.45) is 6.14. The number of benzene rings is 1. The second kappa shape index (κ2) is 7.04. The van der Waals surface area contributed by atoms with Crippen LogP contribution in [0.25, 0.3) is 0 Å². The maximum absolute atomic E-state index is 12.6. The Kier molecular flexibility index (Phi) is 4.81. The Hall–Kier alpha value is -1.07. The van der Waals surface area contributed by atoms with Gasteiger partial charge in [0.1, 0.15) is 0 Å². The summed E-state index contributed by atoms with van der Waals surface area (Å²) in [6.45, 7) is 3.94. The van der Waals surface area contributed by atoms with E-state index in [1.54, 1.807) is 0 Å². The van der Waals surface area contributed by atoms with Crippen LogP contribution in [0.5, 0.6) is 0 Å². The predicted octanol–water partition coefficient (Wildman–Crippen LogP) is 3.02. The van der Waals surface area contributed by atoms with E-state index in [1.807, 2.05) is 0 Å². The van der Waals surface area contributed by atoms with Gasteiger partial charge in [-0.1, -0.05) is 34.8 Å². The predicted molar refractivity (Wildman–Crippen MR) is 100 cm³/mol. The first-order valence-electron chi connectivity index (χ1n) is 9.25. The summed E-state index contributed by atoms with van der Waals surface area (Å²) in [5.41, 5.74) is 1.27. The highest BCUT2D eigenvalue weighted by molar-refractivity contribution is 9.10. The Morgan fingerprint density at radius 3 is 2.67 bits per heavy atom. The molecule has 130 valence electrons. The van der Waals surface area contributed by atoms with Gasteiger partial charge in [0.15, 0.2) is 0 Å². The van der Waals surface area contributed by atoms with Crippen LogP contribution in [0, 0.1) is 5.92 Å². The lowest BCUT2D eigenvalue weighted by Crippen LogP contribution is -2.61. The number of piperidine rings is 1. The molecule has 4 rings (SSSR count). The molecule has 1 aliphatic carbocycles. The zero-order valence-electron chi connectivity index (χ0n) is 14.1. The monoisotopic (exact) mass is 391 g/mol. The van der Waals surface area contributed by atoms with E-state index in [4.69, 9.17) is 0 Å². The second-order valence-electron chi connectivity index (χ2n) is 7.41. The molecule has 3 atom stereocenters. The first kappa shape index (κ1) is 16.4. The normalized spacial score (nSPS) is 31.5. The maximum Gasteiger partial charge on any atom is 0.237 e. The van der Waals surface area contributed by atoms with Gasteiger partial charge in [-0.05, 0) is 43.4 Å². The minimum absolute atomic E-state index is 0.0917. The quantitative estimate of drug-likeness (QED) is 0.841. The van der Waals surface area contributed by atoms with E-state index in [9.17, 15) is 4.79 Å². The molecule has 0 bridgehead atoms. The van der Waals surface area contributed by atoms with Gasteiger partial charge in [0.2, 0.25) is 5.91 Å². The number of hydrogen-bond donors (Lipinski definition) is 1. The van der Waals surface area contributed by atoms with Crippen molar-refractivity contribution in [1.82, 2.24) is 10.2 Å². The number of nitrogens with zero attached hydrogens (tertiary/aromatic N) is 2. The van der Waals surface area contributed by atoms with Crippen molar-refractivity contribution in [1.29, 1.82) is 0 Å². The summed E-state index contributed by atoms with van der Waals surface area (Å²) in [4.78, 5) is 17.4. The van der Waals surface area contributed by atoms with Gasteiger partial charge in [0, 0.05) is 42.4 Å². The van der Waals surface area contributed by atoms with Crippen molar-refractivity contribution in [2.24, 2.45) is 5.92 Å². The number of carbonyl (C=O) groups is 1. The van der Waals surface area contributed by atoms with Gasteiger partial charge in [-0.25, -0.2) is 0 Å². The van der Waals surface area contributed by atoms with Gasteiger partial charge in [-0.2, -0.15) is 0 Å². The lowest BCUT2D eigenvalue weighted by molar-refractivity contribution is -0.132. The Bertz CT molecular complexity index is 600. The standard InChI is InChI=1S/C19H26BrN3O/c20-15-5-3-6-16(13-15)22-8-10-23(11-9-22)18-12-14-4-1-2-7-17(14)21-19(18)24/h3,5-6,13-14,17-18H,1-2,4,7-12H2,(H,21,24). The van der Waals surface area contributed by atoms with E-state index in [2.05, 4.69) is 55.3 Å². The Morgan fingerprint density at radius 1 is 1.08 bits per heavy atom. The van der Waals surface area contributed by atoms with Gasteiger partial charge in [-0.3, -0.25) is 9.69 Å². The number of hydrogen-bond acceptors (Lipinski definition) is 3. The zero-order chi connectivity index (χ0) is 16.5. The third kappa shape index (κ3) is 3.33. The van der Waals surface area contributed by atoms with E-state index in [0.29, 0.717) is 12.0 Å². The van der Waals surface area contributed by atoms with Crippen molar-refractivity contribution in [3.05, 3.63) is 28.7 Å². The maximum atomic E-state index is 12.6. The van der Waals surface area contributed by atoms with Crippen LogP contribution in [0.4, 0.5) is 5.69 Å². The van der Waals surface area contributed by atoms with Crippen LogP contribution >= 0.6 is 15.9 Å². The van der Waals surface area contributed by atoms with Crippen LogP contribution in [0.3, 0.4) is 0 Å². The molecule has 3 aliphatic rings. The van der Waals surface area contributed by atoms with Crippen molar-refractivity contribution in [3.63, 3.8) is 0 Å². The number of piperazine rings is 1. The number of fused-ring (bicyclic) bond motifs is 1. The molecule has 1 N–H and O–H groups in total. The number of anilines is 1. The second-order valence-corrected chi connectivity index (χ2v) is 8.33. The minimum atomic E-state index is 0.0917. The summed E-state index contributed by atoms with van der Waals surface area (Å²) in [5, 5.41) is 3.32. The number of halogens is 1. The first-order valence-corrected chi connectivity index (χ1v) is 10.0. The van der Waals surface area contributed by atoms with Crippen molar-refractivity contribution in [2.75, 3.05) is 31.1 Å². The SMILES string of the molecule is O=C1NC2CCCCC2CC1N1CCN(c2cccc(Br)c2)CC1. The molecular formula is C19H26BrN3O. The molecule has 1 saturated carbocycles. The van der Waals surface area contributed by atoms with Crippen LogP contribution < -0.4 is 10.2 Å². The van der Waals surface area contributed by atoms with E-state index in [1.165, 1.54) is 31.4 Å². The Labute approximate surface area is 152 Å². The minimum Gasteiger partial charge on any atom is -0.369 e. The highest BCUT2D eigenvalue weighted by Gasteiger charge is 2.40. The lowest BCUT2D eigenvalue weighted by Gasteiger charge is -2.45. The summed E-state index contributed by atoms with van der Waals surface area (Å²) in [6, 6.07) is 9.03. The fourth-order valence-corrected chi connectivity index (χ4v) is 5.02. The highest BCUT2D eigenvalue weighted by Crippen LogP contribution is 2.33. The van der Waals surface area contributed by atoms with Crippen molar-refractivity contribution >= 4 is 27.5 Å². The molecule has 1 aromatic rings. The van der Waals surface area contributed by atoms with Crippen LogP contribution in [-0.2, 0) is 4.79 Å². The fraction of sp³-hybridized carbons (Fsp3) is 0.632. The molecule has 3 unspecified atom stereocenters. The average Bonchev–Trinajstić information content (AvgIpc) is 2.61. The van der Waals surface area contributed by atoms with Gasteiger partial charge >= 0.3 is 0 Å².